The van der Waals surface area contributed by atoms with Crippen molar-refractivity contribution in [2.45, 2.75) is 0 Å². The van der Waals surface area contributed by atoms with Crippen LogP contribution in [0.4, 0.5) is 0 Å². The average Bonchev–Trinajstić information content (AvgIpc) is 3.15. The van der Waals surface area contributed by atoms with Crippen LogP contribution < -0.4 is 4.74 Å². The van der Waals surface area contributed by atoms with Gasteiger partial charge in [0.15, 0.2) is 5.75 Å². The molecule has 1 heterocycles. The Labute approximate surface area is 159 Å². The van der Waals surface area contributed by atoms with Crippen molar-refractivity contribution in [3.8, 4) is 28.4 Å². The summed E-state index contributed by atoms with van der Waals surface area (Å²) >= 11 is 2.27. The maximum Gasteiger partial charge on any atom is 0.166 e. The lowest BCUT2D eigenvalue weighted by molar-refractivity contribution is 0.474. The molecule has 0 radical (unpaired) electrons. The average molecular weight is 439 g/mol. The zero-order valence-electron chi connectivity index (χ0n) is 13.2. The van der Waals surface area contributed by atoms with Crippen LogP contribution in [-0.4, -0.2) is 15.0 Å². The lowest BCUT2D eigenvalue weighted by Gasteiger charge is -2.12. The van der Waals surface area contributed by atoms with Crippen LogP contribution in [0.1, 0.15) is 0 Å². The summed E-state index contributed by atoms with van der Waals surface area (Å²) in [5.41, 5.74) is 2.71. The lowest BCUT2D eigenvalue weighted by Crippen LogP contribution is -2.00. The number of benzene rings is 3. The highest BCUT2D eigenvalue weighted by Gasteiger charge is 2.13. The van der Waals surface area contributed by atoms with Gasteiger partial charge in [-0.1, -0.05) is 59.8 Å². The van der Waals surface area contributed by atoms with E-state index in [-0.39, 0.29) is 0 Å². The molecule has 0 bridgehead atoms. The zero-order valence-corrected chi connectivity index (χ0v) is 15.4. The number of hydrogen-bond donors (Lipinski definition) is 0. The first-order valence-electron chi connectivity index (χ1n) is 7.81. The SMILES string of the molecule is Ic1cccc(-n2cc(-c3ccccc3)nn2)c1Oc1ccccc1. The van der Waals surface area contributed by atoms with E-state index in [1.165, 1.54) is 0 Å². The highest BCUT2D eigenvalue weighted by molar-refractivity contribution is 14.1. The molecule has 0 spiro atoms. The molecule has 3 aromatic carbocycles. The van der Waals surface area contributed by atoms with E-state index in [4.69, 9.17) is 4.74 Å². The molecule has 0 fully saturated rings. The van der Waals surface area contributed by atoms with Crippen LogP contribution in [0.25, 0.3) is 16.9 Å². The van der Waals surface area contributed by atoms with Crippen molar-refractivity contribution in [3.63, 3.8) is 0 Å². The number of halogens is 1. The first kappa shape index (κ1) is 15.8. The second-order valence-electron chi connectivity index (χ2n) is 5.42. The summed E-state index contributed by atoms with van der Waals surface area (Å²) in [5, 5.41) is 8.59. The van der Waals surface area contributed by atoms with Crippen LogP contribution in [0, 0.1) is 3.57 Å². The van der Waals surface area contributed by atoms with Crippen LogP contribution in [0.5, 0.6) is 11.5 Å². The van der Waals surface area contributed by atoms with Crippen molar-refractivity contribution in [2.24, 2.45) is 0 Å². The molecule has 0 amide bonds. The largest absolute Gasteiger partial charge is 0.454 e. The number of aromatic nitrogens is 3. The molecule has 1 aromatic heterocycles. The van der Waals surface area contributed by atoms with E-state index in [2.05, 4.69) is 32.9 Å². The van der Waals surface area contributed by atoms with Gasteiger partial charge in [-0.15, -0.1) is 5.10 Å². The van der Waals surface area contributed by atoms with Gasteiger partial charge < -0.3 is 4.74 Å². The third kappa shape index (κ3) is 3.41. The van der Waals surface area contributed by atoms with E-state index in [9.17, 15) is 0 Å². The zero-order chi connectivity index (χ0) is 17.1. The topological polar surface area (TPSA) is 39.9 Å². The van der Waals surface area contributed by atoms with Crippen molar-refractivity contribution < 1.29 is 4.74 Å². The van der Waals surface area contributed by atoms with E-state index >= 15 is 0 Å². The number of nitrogens with zero attached hydrogens (tertiary/aromatic N) is 3. The molecule has 4 rings (SSSR count). The third-order valence-corrected chi connectivity index (χ3v) is 4.57. The van der Waals surface area contributed by atoms with Crippen molar-refractivity contribution in [1.82, 2.24) is 15.0 Å². The van der Waals surface area contributed by atoms with Crippen LogP contribution in [0.3, 0.4) is 0 Å². The Hall–Kier alpha value is -2.67. The summed E-state index contributed by atoms with van der Waals surface area (Å²) < 4.78 is 8.88. The van der Waals surface area contributed by atoms with Crippen molar-refractivity contribution in [1.29, 1.82) is 0 Å². The van der Waals surface area contributed by atoms with Gasteiger partial charge in [-0.05, 0) is 46.9 Å². The molecule has 25 heavy (non-hydrogen) atoms. The van der Waals surface area contributed by atoms with E-state index in [1.807, 2.05) is 85.1 Å². The van der Waals surface area contributed by atoms with Gasteiger partial charge >= 0.3 is 0 Å². The van der Waals surface area contributed by atoms with Crippen molar-refractivity contribution in [2.75, 3.05) is 0 Å². The van der Waals surface area contributed by atoms with Gasteiger partial charge in [-0.3, -0.25) is 0 Å². The fraction of sp³-hybridized carbons (Fsp3) is 0. The second-order valence-corrected chi connectivity index (χ2v) is 6.58. The minimum absolute atomic E-state index is 0.763. The van der Waals surface area contributed by atoms with Gasteiger partial charge in [0.25, 0.3) is 0 Å². The van der Waals surface area contributed by atoms with Crippen LogP contribution in [0.2, 0.25) is 0 Å². The molecule has 0 unspecified atom stereocenters. The third-order valence-electron chi connectivity index (χ3n) is 3.72. The molecule has 122 valence electrons. The lowest BCUT2D eigenvalue weighted by atomic mass is 10.2. The molecule has 0 saturated heterocycles. The minimum Gasteiger partial charge on any atom is -0.454 e. The minimum atomic E-state index is 0.763. The predicted octanol–water partition coefficient (Wildman–Crippen LogP) is 5.33. The van der Waals surface area contributed by atoms with Gasteiger partial charge in [0, 0.05) is 5.56 Å². The van der Waals surface area contributed by atoms with Gasteiger partial charge in [-0.2, -0.15) is 0 Å². The van der Waals surface area contributed by atoms with E-state index in [1.54, 1.807) is 4.68 Å². The molecular formula is C20H14IN3O. The van der Waals surface area contributed by atoms with Crippen molar-refractivity contribution >= 4 is 22.6 Å². The highest BCUT2D eigenvalue weighted by Crippen LogP contribution is 2.33. The molecule has 5 heteroatoms. The Balaban J connectivity index is 1.74. The van der Waals surface area contributed by atoms with E-state index < -0.39 is 0 Å². The van der Waals surface area contributed by atoms with E-state index in [0.717, 1.165) is 32.0 Å². The van der Waals surface area contributed by atoms with E-state index in [0.29, 0.717) is 0 Å². The van der Waals surface area contributed by atoms with Crippen LogP contribution >= 0.6 is 22.6 Å². The maximum absolute atomic E-state index is 6.11. The standard InChI is InChI=1S/C20H14IN3O/c21-17-12-7-13-19(20(17)25-16-10-5-2-6-11-16)24-14-18(22-23-24)15-8-3-1-4-9-15/h1-14H. The molecule has 0 aliphatic rings. The smallest absolute Gasteiger partial charge is 0.166 e. The molecule has 4 aromatic rings. The van der Waals surface area contributed by atoms with Gasteiger partial charge in [0.1, 0.15) is 17.1 Å². The molecule has 4 nitrogen and oxygen atoms in total. The van der Waals surface area contributed by atoms with Crippen LogP contribution in [0.15, 0.2) is 85.1 Å². The second kappa shape index (κ2) is 7.06. The van der Waals surface area contributed by atoms with Gasteiger partial charge in [0.2, 0.25) is 0 Å². The fourth-order valence-corrected chi connectivity index (χ4v) is 3.10. The summed E-state index contributed by atoms with van der Waals surface area (Å²) in [6, 6.07) is 25.7. The quantitative estimate of drug-likeness (QED) is 0.404. The fourth-order valence-electron chi connectivity index (χ4n) is 2.51. The number of rotatable bonds is 4. The predicted molar refractivity (Wildman–Crippen MR) is 106 cm³/mol. The maximum atomic E-state index is 6.11. The Morgan fingerprint density at radius 2 is 1.52 bits per heavy atom. The summed E-state index contributed by atoms with van der Waals surface area (Å²) in [4.78, 5) is 0. The molecular weight excluding hydrogens is 425 g/mol. The normalized spacial score (nSPS) is 10.6. The summed E-state index contributed by atoms with van der Waals surface area (Å²) in [7, 11) is 0. The van der Waals surface area contributed by atoms with Crippen molar-refractivity contribution in [3.05, 3.63) is 88.6 Å². The number of para-hydroxylation sites is 2. The van der Waals surface area contributed by atoms with Gasteiger partial charge in [-0.25, -0.2) is 4.68 Å². The highest BCUT2D eigenvalue weighted by atomic mass is 127. The Kier molecular flexibility index (Phi) is 4.47. The first-order chi connectivity index (χ1) is 12.3. The molecule has 0 atom stereocenters. The summed E-state index contributed by atoms with van der Waals surface area (Å²) in [6.45, 7) is 0. The number of hydrogen-bond acceptors (Lipinski definition) is 3. The number of ether oxygens (including phenoxy) is 1. The molecule has 0 aliphatic heterocycles. The monoisotopic (exact) mass is 439 g/mol. The Morgan fingerprint density at radius 1 is 0.800 bits per heavy atom. The Bertz CT molecular complexity index is 984. The van der Waals surface area contributed by atoms with Gasteiger partial charge in [0.05, 0.1) is 9.77 Å². The molecule has 0 N–H and O–H groups in total. The first-order valence-corrected chi connectivity index (χ1v) is 8.89. The molecule has 0 aliphatic carbocycles. The summed E-state index contributed by atoms with van der Waals surface area (Å²) in [6.07, 6.45) is 1.92. The molecule has 0 saturated carbocycles. The Morgan fingerprint density at radius 3 is 2.28 bits per heavy atom. The summed E-state index contributed by atoms with van der Waals surface area (Å²) in [5.74, 6) is 1.55. The van der Waals surface area contributed by atoms with Crippen LogP contribution in [-0.2, 0) is 0 Å².